The second kappa shape index (κ2) is 7.30. The van der Waals surface area contributed by atoms with E-state index in [1.54, 1.807) is 11.8 Å². The molecule has 0 radical (unpaired) electrons. The Labute approximate surface area is 100 Å². The lowest BCUT2D eigenvalue weighted by Crippen LogP contribution is -2.24. The van der Waals surface area contributed by atoms with Crippen molar-refractivity contribution in [2.75, 3.05) is 19.4 Å². The first-order valence-electron chi connectivity index (χ1n) is 5.31. The van der Waals surface area contributed by atoms with Crippen LogP contribution in [0.5, 0.6) is 0 Å². The van der Waals surface area contributed by atoms with Crippen LogP contribution in [0.1, 0.15) is 23.2 Å². The van der Waals surface area contributed by atoms with Crippen molar-refractivity contribution >= 4 is 17.7 Å². The molecule has 0 aliphatic carbocycles. The van der Waals surface area contributed by atoms with Crippen molar-refractivity contribution in [2.24, 2.45) is 0 Å². The number of carbonyl (C=O) groups excluding carboxylic acids is 1. The second-order valence-corrected chi connectivity index (χ2v) is 4.29. The minimum absolute atomic E-state index is 0.0504. The van der Waals surface area contributed by atoms with Gasteiger partial charge in [0.15, 0.2) is 0 Å². The van der Waals surface area contributed by atoms with Crippen LogP contribution in [-0.4, -0.2) is 30.4 Å². The molecular weight excluding hydrogens is 222 g/mol. The summed E-state index contributed by atoms with van der Waals surface area (Å²) in [5.41, 5.74) is 0.682. The molecule has 0 saturated heterocycles. The number of aliphatic hydroxyl groups excluding tert-OH is 1. The van der Waals surface area contributed by atoms with Crippen molar-refractivity contribution in [3.05, 3.63) is 29.8 Å². The summed E-state index contributed by atoms with van der Waals surface area (Å²) in [7, 11) is 0. The molecule has 1 aromatic carbocycles. The number of nitrogens with one attached hydrogen (secondary N) is 1. The third-order valence-corrected chi connectivity index (χ3v) is 2.97. The Morgan fingerprint density at radius 2 is 2.00 bits per heavy atom. The van der Waals surface area contributed by atoms with Gasteiger partial charge < -0.3 is 10.4 Å². The van der Waals surface area contributed by atoms with Crippen LogP contribution >= 0.6 is 11.8 Å². The summed E-state index contributed by atoms with van der Waals surface area (Å²) in [5.74, 6) is -0.0504. The van der Waals surface area contributed by atoms with Crippen LogP contribution in [-0.2, 0) is 0 Å². The van der Waals surface area contributed by atoms with Crippen molar-refractivity contribution in [1.82, 2.24) is 5.32 Å². The van der Waals surface area contributed by atoms with Gasteiger partial charge in [-0.25, -0.2) is 0 Å². The van der Waals surface area contributed by atoms with Crippen molar-refractivity contribution in [3.8, 4) is 0 Å². The van der Waals surface area contributed by atoms with Crippen LogP contribution < -0.4 is 5.32 Å². The Bertz CT molecular complexity index is 324. The van der Waals surface area contributed by atoms with Gasteiger partial charge in [0.2, 0.25) is 0 Å². The number of hydrogen-bond acceptors (Lipinski definition) is 3. The largest absolute Gasteiger partial charge is 0.396 e. The molecule has 2 N–H and O–H groups in total. The molecule has 0 saturated carbocycles. The fraction of sp³-hybridized carbons (Fsp3) is 0.417. The summed E-state index contributed by atoms with van der Waals surface area (Å²) in [6.45, 7) is 0.794. The van der Waals surface area contributed by atoms with E-state index in [2.05, 4.69) is 5.32 Å². The predicted molar refractivity (Wildman–Crippen MR) is 66.9 cm³/mol. The van der Waals surface area contributed by atoms with Gasteiger partial charge in [-0.05, 0) is 43.4 Å². The van der Waals surface area contributed by atoms with E-state index in [-0.39, 0.29) is 12.5 Å². The number of benzene rings is 1. The van der Waals surface area contributed by atoms with E-state index in [4.69, 9.17) is 5.11 Å². The lowest BCUT2D eigenvalue weighted by molar-refractivity contribution is 0.0952. The Balaban J connectivity index is 2.40. The molecule has 0 unspecified atom stereocenters. The quantitative estimate of drug-likeness (QED) is 0.589. The first kappa shape index (κ1) is 13.1. The van der Waals surface area contributed by atoms with E-state index in [1.165, 1.54) is 0 Å². The van der Waals surface area contributed by atoms with Gasteiger partial charge in [-0.1, -0.05) is 0 Å². The Morgan fingerprint density at radius 1 is 1.31 bits per heavy atom. The molecule has 0 heterocycles. The van der Waals surface area contributed by atoms with E-state index >= 15 is 0 Å². The third-order valence-electron chi connectivity index (χ3n) is 2.22. The normalized spacial score (nSPS) is 10.1. The smallest absolute Gasteiger partial charge is 0.251 e. The van der Waals surface area contributed by atoms with Crippen LogP contribution in [0.3, 0.4) is 0 Å². The van der Waals surface area contributed by atoms with E-state index in [0.717, 1.165) is 17.7 Å². The summed E-state index contributed by atoms with van der Waals surface area (Å²) in [6.07, 6.45) is 3.54. The molecule has 1 rings (SSSR count). The molecule has 3 nitrogen and oxygen atoms in total. The van der Waals surface area contributed by atoms with E-state index in [9.17, 15) is 4.79 Å². The molecule has 1 amide bonds. The van der Waals surface area contributed by atoms with Gasteiger partial charge in [-0.3, -0.25) is 4.79 Å². The molecule has 16 heavy (non-hydrogen) atoms. The topological polar surface area (TPSA) is 49.3 Å². The number of hydrogen-bond donors (Lipinski definition) is 2. The van der Waals surface area contributed by atoms with Crippen molar-refractivity contribution < 1.29 is 9.90 Å². The number of rotatable bonds is 6. The zero-order valence-corrected chi connectivity index (χ0v) is 10.2. The Hall–Kier alpha value is -1.00. The lowest BCUT2D eigenvalue weighted by Gasteiger charge is -2.05. The number of carbonyl (C=O) groups is 1. The van der Waals surface area contributed by atoms with Crippen molar-refractivity contribution in [2.45, 2.75) is 17.7 Å². The minimum Gasteiger partial charge on any atom is -0.396 e. The number of unbranched alkanes of at least 4 members (excludes halogenated alkanes) is 1. The molecule has 0 bridgehead atoms. The molecular formula is C12H17NO2S. The fourth-order valence-electron chi connectivity index (χ4n) is 1.28. The molecule has 4 heteroatoms. The van der Waals surface area contributed by atoms with Crippen molar-refractivity contribution in [1.29, 1.82) is 0 Å². The SMILES string of the molecule is CSc1ccc(C(=O)NCCCCO)cc1. The van der Waals surface area contributed by atoms with Crippen LogP contribution in [0.4, 0.5) is 0 Å². The fourth-order valence-corrected chi connectivity index (χ4v) is 1.69. The van der Waals surface area contributed by atoms with Gasteiger partial charge in [0.1, 0.15) is 0 Å². The van der Waals surface area contributed by atoms with Crippen LogP contribution in [0, 0.1) is 0 Å². The molecule has 0 aromatic heterocycles. The zero-order valence-electron chi connectivity index (χ0n) is 9.40. The predicted octanol–water partition coefficient (Wildman–Crippen LogP) is 1.91. The maximum Gasteiger partial charge on any atom is 0.251 e. The molecule has 0 atom stereocenters. The molecule has 0 fully saturated rings. The molecule has 0 aliphatic rings. The number of aliphatic hydroxyl groups is 1. The highest BCUT2D eigenvalue weighted by Crippen LogP contribution is 2.14. The summed E-state index contributed by atoms with van der Waals surface area (Å²) >= 11 is 1.65. The van der Waals surface area contributed by atoms with E-state index < -0.39 is 0 Å². The van der Waals surface area contributed by atoms with Gasteiger partial charge in [-0.2, -0.15) is 0 Å². The van der Waals surface area contributed by atoms with E-state index in [0.29, 0.717) is 12.1 Å². The third kappa shape index (κ3) is 4.24. The minimum atomic E-state index is -0.0504. The summed E-state index contributed by atoms with van der Waals surface area (Å²) in [5, 5.41) is 11.4. The Morgan fingerprint density at radius 3 is 2.56 bits per heavy atom. The van der Waals surface area contributed by atoms with Gasteiger partial charge in [0.25, 0.3) is 5.91 Å². The number of amides is 1. The highest BCUT2D eigenvalue weighted by Gasteiger charge is 2.03. The van der Waals surface area contributed by atoms with Crippen LogP contribution in [0.2, 0.25) is 0 Å². The van der Waals surface area contributed by atoms with Gasteiger partial charge in [0.05, 0.1) is 0 Å². The van der Waals surface area contributed by atoms with Crippen LogP contribution in [0.25, 0.3) is 0 Å². The van der Waals surface area contributed by atoms with Crippen LogP contribution in [0.15, 0.2) is 29.2 Å². The molecule has 1 aromatic rings. The van der Waals surface area contributed by atoms with Gasteiger partial charge in [-0.15, -0.1) is 11.8 Å². The van der Waals surface area contributed by atoms with E-state index in [1.807, 2.05) is 30.5 Å². The summed E-state index contributed by atoms with van der Waals surface area (Å²) < 4.78 is 0. The highest BCUT2D eigenvalue weighted by molar-refractivity contribution is 7.98. The number of thioether (sulfide) groups is 1. The standard InChI is InChI=1S/C12H17NO2S/c1-16-11-6-4-10(5-7-11)12(15)13-8-2-3-9-14/h4-7,14H,2-3,8-9H2,1H3,(H,13,15). The van der Waals surface area contributed by atoms with Gasteiger partial charge >= 0.3 is 0 Å². The second-order valence-electron chi connectivity index (χ2n) is 3.42. The summed E-state index contributed by atoms with van der Waals surface area (Å²) in [4.78, 5) is 12.8. The molecule has 0 aliphatic heterocycles. The maximum absolute atomic E-state index is 11.6. The first-order chi connectivity index (χ1) is 7.77. The zero-order chi connectivity index (χ0) is 11.8. The monoisotopic (exact) mass is 239 g/mol. The maximum atomic E-state index is 11.6. The summed E-state index contributed by atoms with van der Waals surface area (Å²) in [6, 6.07) is 7.53. The first-order valence-corrected chi connectivity index (χ1v) is 6.53. The highest BCUT2D eigenvalue weighted by atomic mass is 32.2. The van der Waals surface area contributed by atoms with Crippen molar-refractivity contribution in [3.63, 3.8) is 0 Å². The van der Waals surface area contributed by atoms with Gasteiger partial charge in [0, 0.05) is 23.6 Å². The molecule has 0 spiro atoms. The molecule has 88 valence electrons. The average Bonchev–Trinajstić information content (AvgIpc) is 2.34. The Kier molecular flexibility index (Phi) is 5.96. The lowest BCUT2D eigenvalue weighted by atomic mass is 10.2. The average molecular weight is 239 g/mol.